The third-order valence-corrected chi connectivity index (χ3v) is 6.43. The Labute approximate surface area is 223 Å². The monoisotopic (exact) mass is 515 g/mol. The van der Waals surface area contributed by atoms with Gasteiger partial charge in [-0.2, -0.15) is 0 Å². The fourth-order valence-corrected chi connectivity index (χ4v) is 4.17. The van der Waals surface area contributed by atoms with Crippen LogP contribution in [0.1, 0.15) is 36.0 Å². The quantitative estimate of drug-likeness (QED) is 0.171. The van der Waals surface area contributed by atoms with Crippen LogP contribution in [0.5, 0.6) is 0 Å². The van der Waals surface area contributed by atoms with E-state index in [2.05, 4.69) is 74.1 Å². The van der Waals surface area contributed by atoms with E-state index in [-0.39, 0.29) is 0 Å². The maximum atomic E-state index is 4.42. The number of aryl methyl sites for hydroxylation is 7. The zero-order chi connectivity index (χ0) is 27.1. The van der Waals surface area contributed by atoms with Crippen molar-refractivity contribution in [2.75, 3.05) is 11.9 Å². The summed E-state index contributed by atoms with van der Waals surface area (Å²) in [6.45, 7) is 5.07. The summed E-state index contributed by atoms with van der Waals surface area (Å²) in [6.07, 6.45) is 7.92. The van der Waals surface area contributed by atoms with Crippen LogP contribution in [0, 0.1) is 13.8 Å². The summed E-state index contributed by atoms with van der Waals surface area (Å²) in [7, 11) is 7.51. The topological polar surface area (TPSA) is 105 Å². The van der Waals surface area contributed by atoms with E-state index in [9.17, 15) is 0 Å². The molecule has 0 bridgehead atoms. The van der Waals surface area contributed by atoms with E-state index in [0.29, 0.717) is 11.9 Å². The second kappa shape index (κ2) is 12.3. The highest BCUT2D eigenvalue weighted by molar-refractivity contribution is 5.56. The van der Waals surface area contributed by atoms with E-state index in [0.717, 1.165) is 60.4 Å². The number of hydrogen-bond acceptors (Lipinski definition) is 7. The first-order chi connectivity index (χ1) is 18.3. The molecule has 1 N–H and O–H groups in total. The molecule has 0 amide bonds. The normalized spacial score (nSPS) is 11.7. The molecule has 0 aliphatic rings. The number of azo groups is 2. The fourth-order valence-electron chi connectivity index (χ4n) is 4.17. The number of hydrogen-bond donors (Lipinski definition) is 1. The van der Waals surface area contributed by atoms with Crippen LogP contribution in [0.25, 0.3) is 0 Å². The van der Waals surface area contributed by atoms with Crippen LogP contribution in [-0.4, -0.2) is 26.1 Å². The van der Waals surface area contributed by atoms with Gasteiger partial charge in [-0.05, 0) is 84.3 Å². The van der Waals surface area contributed by atoms with E-state index in [4.69, 9.17) is 0 Å². The molecule has 38 heavy (non-hydrogen) atoms. The largest absolute Gasteiger partial charge is 0.403 e. The third kappa shape index (κ3) is 6.72. The number of rotatable bonds is 11. The third-order valence-electron chi connectivity index (χ3n) is 6.43. The molecule has 0 atom stereocenters. The molecule has 0 fully saturated rings. The zero-order valence-electron chi connectivity index (χ0n) is 23.1. The van der Waals surface area contributed by atoms with Gasteiger partial charge in [-0.1, -0.05) is 28.8 Å². The predicted molar refractivity (Wildman–Crippen MR) is 146 cm³/mol. The van der Waals surface area contributed by atoms with Gasteiger partial charge in [0, 0.05) is 22.5 Å². The zero-order valence-corrected chi connectivity index (χ0v) is 23.1. The Hall–Kier alpha value is -4.28. The summed E-state index contributed by atoms with van der Waals surface area (Å²) in [5, 5.41) is 29.4. The molecule has 2 heterocycles. The van der Waals surface area contributed by atoms with Crippen LogP contribution >= 0.6 is 0 Å². The van der Waals surface area contributed by atoms with Gasteiger partial charge in [-0.3, -0.25) is 0 Å². The second-order valence-electron chi connectivity index (χ2n) is 9.59. The Morgan fingerprint density at radius 2 is 1.32 bits per heavy atom. The highest BCUT2D eigenvalue weighted by atomic mass is 15.4. The molecule has 0 spiro atoms. The summed E-state index contributed by atoms with van der Waals surface area (Å²) in [5.74, 6) is 1.40. The maximum absolute atomic E-state index is 4.42. The first-order valence-electron chi connectivity index (χ1n) is 12.8. The Kier molecular flexibility index (Phi) is 8.67. The van der Waals surface area contributed by atoms with Gasteiger partial charge in [0.25, 0.3) is 0 Å². The van der Waals surface area contributed by atoms with Crippen LogP contribution in [0.3, 0.4) is 0 Å². The molecular formula is C27H37N11+2. The standard InChI is InChI=1S/C27H36N11/c1-20-16-22(11-13-24(20)31-33-26-35(3)18-29-37(26)5)10-8-7-9-15-28-23-12-14-25(21(2)17-23)32-34-27-36(4)19-30-38(27)6/h11-14,16-19H,7-10,15H2,1-6H3/q+1/p+1. The van der Waals surface area contributed by atoms with Crippen molar-refractivity contribution in [1.82, 2.24) is 19.6 Å². The molecule has 0 radical (unpaired) electrons. The van der Waals surface area contributed by atoms with Crippen LogP contribution < -0.4 is 14.5 Å². The van der Waals surface area contributed by atoms with Gasteiger partial charge in [0.2, 0.25) is 12.7 Å². The molecule has 4 rings (SSSR count). The van der Waals surface area contributed by atoms with Gasteiger partial charge in [0.1, 0.15) is 11.4 Å². The van der Waals surface area contributed by atoms with E-state index >= 15 is 0 Å². The summed E-state index contributed by atoms with van der Waals surface area (Å²) >= 11 is 0. The van der Waals surface area contributed by atoms with Crippen molar-refractivity contribution < 1.29 is 9.13 Å². The molecular weight excluding hydrogens is 478 g/mol. The summed E-state index contributed by atoms with van der Waals surface area (Å²) in [5.41, 5.74) is 6.38. The molecule has 0 unspecified atom stereocenters. The minimum atomic E-state index is 0.693. The fraction of sp³-hybridized carbons (Fsp3) is 0.407. The minimum absolute atomic E-state index is 0.693. The lowest BCUT2D eigenvalue weighted by Crippen LogP contribution is -2.25. The van der Waals surface area contributed by atoms with Gasteiger partial charge < -0.3 is 5.32 Å². The number of anilines is 1. The van der Waals surface area contributed by atoms with Crippen molar-refractivity contribution >= 4 is 29.0 Å². The van der Waals surface area contributed by atoms with Gasteiger partial charge >= 0.3 is 11.9 Å². The number of aromatic nitrogens is 6. The molecule has 2 aromatic heterocycles. The Morgan fingerprint density at radius 1 is 0.737 bits per heavy atom. The second-order valence-corrected chi connectivity index (χ2v) is 9.59. The lowest BCUT2D eigenvalue weighted by atomic mass is 10.0. The predicted octanol–water partition coefficient (Wildman–Crippen LogP) is 5.08. The molecule has 0 aliphatic heterocycles. The molecule has 198 valence electrons. The Balaban J connectivity index is 1.19. The van der Waals surface area contributed by atoms with Crippen molar-refractivity contribution in [3.8, 4) is 0 Å². The lowest BCUT2D eigenvalue weighted by Gasteiger charge is -2.08. The van der Waals surface area contributed by atoms with Gasteiger partial charge in [-0.15, -0.1) is 9.36 Å². The number of nitrogens with zero attached hydrogens (tertiary/aromatic N) is 10. The van der Waals surface area contributed by atoms with Crippen LogP contribution in [0.2, 0.25) is 0 Å². The average molecular weight is 516 g/mol. The van der Waals surface area contributed by atoms with Crippen molar-refractivity contribution in [2.45, 2.75) is 39.5 Å². The molecule has 0 saturated heterocycles. The average Bonchev–Trinajstić information content (AvgIpc) is 3.39. The molecule has 11 nitrogen and oxygen atoms in total. The molecule has 2 aromatic carbocycles. The van der Waals surface area contributed by atoms with Gasteiger partial charge in [-0.25, -0.2) is 9.13 Å². The van der Waals surface area contributed by atoms with E-state index < -0.39 is 0 Å². The molecule has 4 aromatic rings. The van der Waals surface area contributed by atoms with Crippen molar-refractivity contribution in [3.63, 3.8) is 0 Å². The van der Waals surface area contributed by atoms with E-state index in [1.807, 2.05) is 49.5 Å². The SMILES string of the molecule is Cc1cc(CCCCCNc2ccc(N=Nc3n(C)nc[n+]3C)c(C)c2)ccc1N=Nc1n(C)nc[n+]1C. The van der Waals surface area contributed by atoms with Crippen LogP contribution in [0.15, 0.2) is 69.5 Å². The molecule has 0 saturated carbocycles. The van der Waals surface area contributed by atoms with Crippen molar-refractivity contribution in [2.24, 2.45) is 48.6 Å². The highest BCUT2D eigenvalue weighted by Gasteiger charge is 2.13. The highest BCUT2D eigenvalue weighted by Crippen LogP contribution is 2.25. The number of nitrogens with one attached hydrogen (secondary N) is 1. The summed E-state index contributed by atoms with van der Waals surface area (Å²) in [4.78, 5) is 0. The molecule has 0 aliphatic carbocycles. The Morgan fingerprint density at radius 3 is 1.84 bits per heavy atom. The maximum Gasteiger partial charge on any atom is 0.403 e. The Bertz CT molecular complexity index is 1300. The van der Waals surface area contributed by atoms with E-state index in [1.165, 1.54) is 5.56 Å². The van der Waals surface area contributed by atoms with E-state index in [1.54, 1.807) is 22.0 Å². The lowest BCUT2D eigenvalue weighted by molar-refractivity contribution is -0.659. The van der Waals surface area contributed by atoms with Crippen LogP contribution in [0.4, 0.5) is 29.0 Å². The first-order valence-corrected chi connectivity index (χ1v) is 12.8. The minimum Gasteiger partial charge on any atom is -0.385 e. The smallest absolute Gasteiger partial charge is 0.385 e. The number of unbranched alkanes of at least 4 members (excludes halogenated alkanes) is 2. The van der Waals surface area contributed by atoms with Gasteiger partial charge in [0.15, 0.2) is 0 Å². The van der Waals surface area contributed by atoms with Gasteiger partial charge in [0.05, 0.1) is 28.2 Å². The van der Waals surface area contributed by atoms with Crippen molar-refractivity contribution in [3.05, 3.63) is 65.7 Å². The number of benzene rings is 2. The van der Waals surface area contributed by atoms with Crippen LogP contribution in [-0.2, 0) is 34.6 Å². The van der Waals surface area contributed by atoms with Crippen molar-refractivity contribution in [1.29, 1.82) is 0 Å². The molecule has 11 heteroatoms. The summed E-state index contributed by atoms with van der Waals surface area (Å²) < 4.78 is 7.08. The first kappa shape index (κ1) is 26.8. The summed E-state index contributed by atoms with van der Waals surface area (Å²) in [6, 6.07) is 12.6.